The molecule has 0 aromatic rings. The molecule has 1 rings (SSSR count). The second-order valence-electron chi connectivity index (χ2n) is 4.42. The number of urea groups is 1. The van der Waals surface area contributed by atoms with Gasteiger partial charge in [0.15, 0.2) is 6.10 Å². The van der Waals surface area contributed by atoms with Gasteiger partial charge in [-0.2, -0.15) is 0 Å². The highest BCUT2D eigenvalue weighted by Crippen LogP contribution is 2.08. The van der Waals surface area contributed by atoms with E-state index in [0.717, 1.165) is 0 Å². The Labute approximate surface area is 111 Å². The largest absolute Gasteiger partial charge is 0.479 e. The van der Waals surface area contributed by atoms with E-state index in [1.807, 2.05) is 0 Å². The van der Waals surface area contributed by atoms with Gasteiger partial charge in [-0.25, -0.2) is 9.59 Å². The first-order valence-corrected chi connectivity index (χ1v) is 5.97. The number of methoxy groups -OCH3 is 1. The molecule has 19 heavy (non-hydrogen) atoms. The zero-order chi connectivity index (χ0) is 14.4. The third-order valence-electron chi connectivity index (χ3n) is 2.78. The number of rotatable bonds is 5. The van der Waals surface area contributed by atoms with Crippen LogP contribution in [0.25, 0.3) is 0 Å². The van der Waals surface area contributed by atoms with Crippen LogP contribution in [-0.2, 0) is 14.3 Å². The van der Waals surface area contributed by atoms with Crippen LogP contribution in [0, 0.1) is 0 Å². The molecule has 0 aliphatic carbocycles. The summed E-state index contributed by atoms with van der Waals surface area (Å²) in [5, 5.41) is 18.4. The van der Waals surface area contributed by atoms with Crippen LogP contribution in [0.15, 0.2) is 0 Å². The van der Waals surface area contributed by atoms with Crippen LogP contribution < -0.4 is 0 Å². The quantitative estimate of drug-likeness (QED) is 0.656. The van der Waals surface area contributed by atoms with E-state index < -0.39 is 18.2 Å². The minimum absolute atomic E-state index is 0.0128. The number of hydrogen-bond acceptors (Lipinski definition) is 5. The van der Waals surface area contributed by atoms with Crippen molar-refractivity contribution in [3.63, 3.8) is 0 Å². The third kappa shape index (κ3) is 4.66. The Morgan fingerprint density at radius 3 is 2.84 bits per heavy atom. The molecule has 1 aliphatic rings. The number of morpholine rings is 1. The van der Waals surface area contributed by atoms with E-state index in [2.05, 4.69) is 0 Å². The van der Waals surface area contributed by atoms with Crippen LogP contribution in [0.1, 0.15) is 0 Å². The predicted octanol–water partition coefficient (Wildman–Crippen LogP) is -1.17. The number of hydrogen-bond donors (Lipinski definition) is 2. The van der Waals surface area contributed by atoms with E-state index in [9.17, 15) is 14.7 Å². The van der Waals surface area contributed by atoms with Crippen molar-refractivity contribution < 1.29 is 29.3 Å². The minimum Gasteiger partial charge on any atom is -0.479 e. The van der Waals surface area contributed by atoms with Gasteiger partial charge in [-0.15, -0.1) is 0 Å². The van der Waals surface area contributed by atoms with Crippen molar-refractivity contribution in [2.75, 3.05) is 47.0 Å². The average Bonchev–Trinajstić information content (AvgIpc) is 2.38. The van der Waals surface area contributed by atoms with Crippen molar-refractivity contribution in [2.24, 2.45) is 0 Å². The van der Waals surface area contributed by atoms with Crippen LogP contribution in [0.3, 0.4) is 0 Å². The van der Waals surface area contributed by atoms with E-state index in [0.29, 0.717) is 6.54 Å². The Kier molecular flexibility index (Phi) is 6.00. The summed E-state index contributed by atoms with van der Waals surface area (Å²) in [4.78, 5) is 25.6. The standard InChI is InChI=1S/C11H20N2O6/c1-12(5-8(14)7-18-2)11(17)13-3-4-19-9(6-13)10(15)16/h8-9,14H,3-7H2,1-2H3,(H,15,16). The molecule has 1 aliphatic heterocycles. The summed E-state index contributed by atoms with van der Waals surface area (Å²) in [7, 11) is 3.01. The zero-order valence-electron chi connectivity index (χ0n) is 11.1. The Morgan fingerprint density at radius 1 is 1.58 bits per heavy atom. The summed E-state index contributed by atoms with van der Waals surface area (Å²) in [5.41, 5.74) is 0. The number of carboxylic acid groups (broad SMARTS) is 1. The molecule has 8 heteroatoms. The fourth-order valence-corrected chi connectivity index (χ4v) is 1.85. The van der Waals surface area contributed by atoms with Gasteiger partial charge < -0.3 is 29.5 Å². The fourth-order valence-electron chi connectivity index (χ4n) is 1.85. The monoisotopic (exact) mass is 276 g/mol. The summed E-state index contributed by atoms with van der Waals surface area (Å²) >= 11 is 0. The van der Waals surface area contributed by atoms with E-state index in [1.165, 1.54) is 16.9 Å². The van der Waals surface area contributed by atoms with Crippen LogP contribution in [0.5, 0.6) is 0 Å². The number of amides is 2. The van der Waals surface area contributed by atoms with E-state index in [1.54, 1.807) is 7.05 Å². The normalized spacial score (nSPS) is 21.0. The smallest absolute Gasteiger partial charge is 0.334 e. The van der Waals surface area contributed by atoms with Crippen LogP contribution >= 0.6 is 0 Å². The maximum Gasteiger partial charge on any atom is 0.334 e. The summed E-state index contributed by atoms with van der Waals surface area (Å²) in [6.45, 7) is 0.809. The lowest BCUT2D eigenvalue weighted by atomic mass is 10.3. The van der Waals surface area contributed by atoms with E-state index in [-0.39, 0.29) is 32.3 Å². The first kappa shape index (κ1) is 15.7. The maximum atomic E-state index is 12.1. The first-order chi connectivity index (χ1) is 8.95. The van der Waals surface area contributed by atoms with Gasteiger partial charge in [0, 0.05) is 20.7 Å². The van der Waals surface area contributed by atoms with Crippen LogP contribution in [-0.4, -0.2) is 91.2 Å². The molecule has 2 unspecified atom stereocenters. The predicted molar refractivity (Wildman–Crippen MR) is 64.9 cm³/mol. The number of ether oxygens (including phenoxy) is 2. The Balaban J connectivity index is 2.49. The number of aliphatic carboxylic acids is 1. The number of aliphatic hydroxyl groups is 1. The highest BCUT2D eigenvalue weighted by atomic mass is 16.5. The van der Waals surface area contributed by atoms with E-state index >= 15 is 0 Å². The van der Waals surface area contributed by atoms with Crippen molar-refractivity contribution >= 4 is 12.0 Å². The summed E-state index contributed by atoms with van der Waals surface area (Å²) < 4.78 is 9.82. The van der Waals surface area contributed by atoms with E-state index in [4.69, 9.17) is 14.6 Å². The molecule has 2 N–H and O–H groups in total. The van der Waals surface area contributed by atoms with Crippen molar-refractivity contribution in [3.05, 3.63) is 0 Å². The molecular weight excluding hydrogens is 256 g/mol. The molecule has 0 aromatic carbocycles. The lowest BCUT2D eigenvalue weighted by molar-refractivity contribution is -0.154. The third-order valence-corrected chi connectivity index (χ3v) is 2.78. The summed E-state index contributed by atoms with van der Waals surface area (Å²) in [6, 6.07) is -0.329. The van der Waals surface area contributed by atoms with Crippen LogP contribution in [0.2, 0.25) is 0 Å². The van der Waals surface area contributed by atoms with Crippen LogP contribution in [0.4, 0.5) is 4.79 Å². The second-order valence-corrected chi connectivity index (χ2v) is 4.42. The van der Waals surface area contributed by atoms with Gasteiger partial charge in [0.1, 0.15) is 0 Å². The van der Waals surface area contributed by atoms with Crippen molar-refractivity contribution in [1.82, 2.24) is 9.80 Å². The SMILES string of the molecule is COCC(O)CN(C)C(=O)N1CCOC(C(=O)O)C1. The number of aliphatic hydroxyl groups excluding tert-OH is 1. The molecule has 1 saturated heterocycles. The molecule has 1 heterocycles. The Hall–Kier alpha value is -1.38. The highest BCUT2D eigenvalue weighted by Gasteiger charge is 2.30. The fraction of sp³-hybridized carbons (Fsp3) is 0.818. The van der Waals surface area contributed by atoms with Crippen molar-refractivity contribution in [1.29, 1.82) is 0 Å². The van der Waals surface area contributed by atoms with Gasteiger partial charge in [-0.05, 0) is 0 Å². The van der Waals surface area contributed by atoms with Crippen molar-refractivity contribution in [2.45, 2.75) is 12.2 Å². The van der Waals surface area contributed by atoms with Gasteiger partial charge in [0.05, 0.1) is 32.4 Å². The van der Waals surface area contributed by atoms with Gasteiger partial charge in [0.2, 0.25) is 0 Å². The van der Waals surface area contributed by atoms with Gasteiger partial charge in [-0.3, -0.25) is 0 Å². The second kappa shape index (κ2) is 7.27. The molecule has 0 spiro atoms. The lowest BCUT2D eigenvalue weighted by Crippen LogP contribution is -2.53. The number of likely N-dealkylation sites (N-methyl/N-ethyl adjacent to an activating group) is 1. The molecule has 8 nitrogen and oxygen atoms in total. The Morgan fingerprint density at radius 2 is 2.26 bits per heavy atom. The average molecular weight is 276 g/mol. The highest BCUT2D eigenvalue weighted by molar-refractivity contribution is 5.77. The molecule has 0 bridgehead atoms. The number of carbonyl (C=O) groups excluding carboxylic acids is 1. The molecule has 0 aromatic heterocycles. The number of nitrogens with zero attached hydrogens (tertiary/aromatic N) is 2. The minimum atomic E-state index is -1.08. The molecule has 110 valence electrons. The number of carboxylic acids is 1. The van der Waals surface area contributed by atoms with Crippen molar-refractivity contribution in [3.8, 4) is 0 Å². The maximum absolute atomic E-state index is 12.1. The topological polar surface area (TPSA) is 99.5 Å². The Bertz CT molecular complexity index is 324. The zero-order valence-corrected chi connectivity index (χ0v) is 11.1. The lowest BCUT2D eigenvalue weighted by Gasteiger charge is -2.34. The molecular formula is C11H20N2O6. The molecule has 2 amide bonds. The van der Waals surface area contributed by atoms with Gasteiger partial charge in [-0.1, -0.05) is 0 Å². The summed E-state index contributed by atoms with van der Waals surface area (Å²) in [5.74, 6) is -1.08. The number of carbonyl (C=O) groups is 2. The molecule has 1 fully saturated rings. The first-order valence-electron chi connectivity index (χ1n) is 5.97. The molecule has 0 radical (unpaired) electrons. The summed E-state index contributed by atoms with van der Waals surface area (Å²) in [6.07, 6.45) is -1.76. The molecule has 0 saturated carbocycles. The molecule has 2 atom stereocenters. The van der Waals surface area contributed by atoms with Gasteiger partial charge in [0.25, 0.3) is 0 Å². The van der Waals surface area contributed by atoms with Gasteiger partial charge >= 0.3 is 12.0 Å².